The first kappa shape index (κ1) is 12.1. The van der Waals surface area contributed by atoms with Gasteiger partial charge in [-0.25, -0.2) is 4.98 Å². The number of fused-ring (bicyclic) bond motifs is 1. The van der Waals surface area contributed by atoms with Crippen LogP contribution in [0.1, 0.15) is 27.2 Å². The molecule has 2 unspecified atom stereocenters. The molecule has 3 N–H and O–H groups in total. The number of aromatic nitrogens is 2. The molecule has 0 radical (unpaired) electrons. The lowest BCUT2D eigenvalue weighted by Gasteiger charge is -2.20. The zero-order valence-corrected chi connectivity index (χ0v) is 11.2. The van der Waals surface area contributed by atoms with E-state index in [2.05, 4.69) is 36.1 Å². The molecule has 2 aromatic heterocycles. The molecule has 2 rings (SSSR count). The predicted molar refractivity (Wildman–Crippen MR) is 74.4 cm³/mol. The van der Waals surface area contributed by atoms with E-state index in [4.69, 9.17) is 5.73 Å². The molecule has 5 heteroatoms. The largest absolute Gasteiger partial charge is 0.368 e. The molecule has 0 aliphatic rings. The molecule has 2 aromatic rings. The van der Waals surface area contributed by atoms with Crippen molar-refractivity contribution >= 4 is 33.3 Å². The van der Waals surface area contributed by atoms with Gasteiger partial charge in [-0.05, 0) is 24.3 Å². The summed E-state index contributed by atoms with van der Waals surface area (Å²) in [5.74, 6) is 1.78. The van der Waals surface area contributed by atoms with Crippen molar-refractivity contribution in [2.75, 3.05) is 11.1 Å². The second kappa shape index (κ2) is 4.87. The maximum atomic E-state index is 5.71. The lowest BCUT2D eigenvalue weighted by Crippen LogP contribution is -2.24. The van der Waals surface area contributed by atoms with Gasteiger partial charge in [-0.15, -0.1) is 11.3 Å². The van der Waals surface area contributed by atoms with Crippen molar-refractivity contribution in [3.05, 3.63) is 11.4 Å². The van der Waals surface area contributed by atoms with Crippen LogP contribution in [-0.2, 0) is 0 Å². The molecule has 17 heavy (non-hydrogen) atoms. The Hall–Kier alpha value is -1.36. The number of nitrogens with zero attached hydrogens (tertiary/aromatic N) is 2. The number of hydrogen-bond donors (Lipinski definition) is 2. The third-order valence-corrected chi connectivity index (χ3v) is 4.01. The summed E-state index contributed by atoms with van der Waals surface area (Å²) in [6, 6.07) is 2.41. The van der Waals surface area contributed by atoms with Crippen molar-refractivity contribution in [1.82, 2.24) is 9.97 Å². The van der Waals surface area contributed by atoms with Crippen molar-refractivity contribution in [2.45, 2.75) is 33.2 Å². The van der Waals surface area contributed by atoms with E-state index in [1.165, 1.54) is 0 Å². The monoisotopic (exact) mass is 250 g/mol. The molecule has 2 heterocycles. The van der Waals surface area contributed by atoms with E-state index in [9.17, 15) is 0 Å². The number of nitrogens with two attached hydrogens (primary N) is 1. The number of nitrogens with one attached hydrogen (secondary N) is 1. The van der Waals surface area contributed by atoms with Crippen molar-refractivity contribution in [3.8, 4) is 0 Å². The molecular formula is C12H18N4S. The maximum Gasteiger partial charge on any atom is 0.223 e. The van der Waals surface area contributed by atoms with E-state index in [0.717, 1.165) is 22.5 Å². The number of hydrogen-bond acceptors (Lipinski definition) is 5. The summed E-state index contributed by atoms with van der Waals surface area (Å²) in [6.45, 7) is 6.59. The Bertz CT molecular complexity index is 508. The molecule has 0 aromatic carbocycles. The molecule has 0 saturated heterocycles. The SMILES string of the molecule is CCC(C)C(C)Nc1nc(N)nc2sccc12. The fourth-order valence-corrected chi connectivity index (χ4v) is 2.46. The van der Waals surface area contributed by atoms with Crippen molar-refractivity contribution in [1.29, 1.82) is 0 Å². The van der Waals surface area contributed by atoms with E-state index in [-0.39, 0.29) is 0 Å². The molecule has 0 bridgehead atoms. The van der Waals surface area contributed by atoms with Crippen LogP contribution in [0.25, 0.3) is 10.2 Å². The van der Waals surface area contributed by atoms with Gasteiger partial charge in [-0.1, -0.05) is 20.3 Å². The second-order valence-electron chi connectivity index (χ2n) is 4.39. The van der Waals surface area contributed by atoms with Crippen LogP contribution in [0.4, 0.5) is 11.8 Å². The summed E-state index contributed by atoms with van der Waals surface area (Å²) < 4.78 is 0. The topological polar surface area (TPSA) is 63.8 Å². The Morgan fingerprint density at radius 3 is 2.88 bits per heavy atom. The molecule has 4 nitrogen and oxygen atoms in total. The third-order valence-electron chi connectivity index (χ3n) is 3.20. The van der Waals surface area contributed by atoms with Gasteiger partial charge in [0.1, 0.15) is 10.6 Å². The highest BCUT2D eigenvalue weighted by Gasteiger charge is 2.13. The smallest absolute Gasteiger partial charge is 0.223 e. The Balaban J connectivity index is 2.31. The standard InChI is InChI=1S/C12H18N4S/c1-4-7(2)8(3)14-10-9-5-6-17-11(9)16-12(13)15-10/h5-8H,4H2,1-3H3,(H3,13,14,15,16). The van der Waals surface area contributed by atoms with Gasteiger partial charge in [0.05, 0.1) is 5.39 Å². The average molecular weight is 250 g/mol. The van der Waals surface area contributed by atoms with Gasteiger partial charge in [0, 0.05) is 6.04 Å². The van der Waals surface area contributed by atoms with Gasteiger partial charge in [-0.2, -0.15) is 4.98 Å². The Morgan fingerprint density at radius 2 is 2.18 bits per heavy atom. The average Bonchev–Trinajstić information content (AvgIpc) is 2.75. The summed E-state index contributed by atoms with van der Waals surface area (Å²) in [5.41, 5.74) is 5.71. The summed E-state index contributed by atoms with van der Waals surface area (Å²) >= 11 is 1.59. The van der Waals surface area contributed by atoms with Crippen LogP contribution in [-0.4, -0.2) is 16.0 Å². The van der Waals surface area contributed by atoms with E-state index >= 15 is 0 Å². The normalized spacial score (nSPS) is 14.8. The highest BCUT2D eigenvalue weighted by atomic mass is 32.1. The van der Waals surface area contributed by atoms with Gasteiger partial charge in [0.15, 0.2) is 0 Å². The Morgan fingerprint density at radius 1 is 1.41 bits per heavy atom. The van der Waals surface area contributed by atoms with Crippen LogP contribution in [0.3, 0.4) is 0 Å². The molecule has 0 spiro atoms. The lowest BCUT2D eigenvalue weighted by molar-refractivity contribution is 0.494. The first-order valence-electron chi connectivity index (χ1n) is 5.89. The van der Waals surface area contributed by atoms with Crippen molar-refractivity contribution < 1.29 is 0 Å². The summed E-state index contributed by atoms with van der Waals surface area (Å²) in [5, 5.41) is 6.50. The third kappa shape index (κ3) is 2.49. The number of thiophene rings is 1. The Kier molecular flexibility index (Phi) is 3.47. The highest BCUT2D eigenvalue weighted by molar-refractivity contribution is 7.16. The van der Waals surface area contributed by atoms with E-state index in [1.807, 2.05) is 11.4 Å². The van der Waals surface area contributed by atoms with Crippen LogP contribution < -0.4 is 11.1 Å². The quantitative estimate of drug-likeness (QED) is 0.875. The Labute approximate surface area is 105 Å². The lowest BCUT2D eigenvalue weighted by atomic mass is 10.0. The molecule has 0 fully saturated rings. The summed E-state index contributed by atoms with van der Waals surface area (Å²) in [4.78, 5) is 9.45. The molecule has 0 aliphatic heterocycles. The van der Waals surface area contributed by atoms with E-state index in [1.54, 1.807) is 11.3 Å². The molecule has 0 aliphatic carbocycles. The fraction of sp³-hybridized carbons (Fsp3) is 0.500. The van der Waals surface area contributed by atoms with Gasteiger partial charge in [0.25, 0.3) is 0 Å². The van der Waals surface area contributed by atoms with Crippen molar-refractivity contribution in [2.24, 2.45) is 5.92 Å². The fourth-order valence-electron chi connectivity index (χ4n) is 1.69. The molecule has 92 valence electrons. The van der Waals surface area contributed by atoms with Gasteiger partial charge in [0.2, 0.25) is 5.95 Å². The minimum absolute atomic E-state index is 0.332. The van der Waals surface area contributed by atoms with Crippen molar-refractivity contribution in [3.63, 3.8) is 0 Å². The zero-order valence-electron chi connectivity index (χ0n) is 10.4. The van der Waals surface area contributed by atoms with E-state index < -0.39 is 0 Å². The minimum atomic E-state index is 0.332. The van der Waals surface area contributed by atoms with Crippen LogP contribution in [0, 0.1) is 5.92 Å². The maximum absolute atomic E-state index is 5.71. The number of nitrogen functional groups attached to an aromatic ring is 1. The van der Waals surface area contributed by atoms with Crippen LogP contribution >= 0.6 is 11.3 Å². The number of anilines is 2. The summed E-state index contributed by atoms with van der Waals surface area (Å²) in [6.07, 6.45) is 1.14. The van der Waals surface area contributed by atoms with E-state index in [0.29, 0.717) is 17.9 Å². The molecule has 0 amide bonds. The number of rotatable bonds is 4. The molecule has 0 saturated carbocycles. The first-order chi connectivity index (χ1) is 8.11. The van der Waals surface area contributed by atoms with Gasteiger partial charge >= 0.3 is 0 Å². The minimum Gasteiger partial charge on any atom is -0.368 e. The first-order valence-corrected chi connectivity index (χ1v) is 6.77. The molecular weight excluding hydrogens is 232 g/mol. The van der Waals surface area contributed by atoms with Crippen LogP contribution in [0.15, 0.2) is 11.4 Å². The zero-order chi connectivity index (χ0) is 12.4. The van der Waals surface area contributed by atoms with Crippen LogP contribution in [0.5, 0.6) is 0 Å². The van der Waals surface area contributed by atoms with Crippen LogP contribution in [0.2, 0.25) is 0 Å². The second-order valence-corrected chi connectivity index (χ2v) is 5.28. The molecule has 2 atom stereocenters. The predicted octanol–water partition coefficient (Wildman–Crippen LogP) is 3.12. The summed E-state index contributed by atoms with van der Waals surface area (Å²) in [7, 11) is 0. The van der Waals surface area contributed by atoms with Gasteiger partial charge in [-0.3, -0.25) is 0 Å². The van der Waals surface area contributed by atoms with Gasteiger partial charge < -0.3 is 11.1 Å². The highest BCUT2D eigenvalue weighted by Crippen LogP contribution is 2.27.